The van der Waals surface area contributed by atoms with Crippen LogP contribution in [0, 0.1) is 0 Å². The molecule has 0 aliphatic heterocycles. The number of rotatable bonds is 5. The number of carbonyl (C=O) groups is 1. The van der Waals surface area contributed by atoms with Crippen LogP contribution < -0.4 is 0 Å². The number of nitrogens with zero attached hydrogens (tertiary/aromatic N) is 3. The number of likely N-dealkylation sites (N-methyl/N-ethyl adjacent to an activating group) is 1. The second-order valence-electron chi connectivity index (χ2n) is 5.71. The van der Waals surface area contributed by atoms with Crippen molar-refractivity contribution >= 4 is 16.7 Å². The molecule has 0 saturated carbocycles. The zero-order chi connectivity index (χ0) is 14.9. The molecule has 0 spiro atoms. The largest absolute Gasteiger partial charge is 0.297 e. The van der Waals surface area contributed by atoms with Crippen LogP contribution in [-0.4, -0.2) is 40.1 Å². The van der Waals surface area contributed by atoms with Crippen molar-refractivity contribution in [1.82, 2.24) is 14.7 Å². The molecule has 0 radical (unpaired) electrons. The standard InChI is InChI=1S/C16H23N3O/c1-6-16(2,18(3)4)15(20)11-13-12-9-7-8-10-14(12)19(5)17-13/h7-10H,6,11H2,1-5H3. The fourth-order valence-corrected chi connectivity index (χ4v) is 2.52. The van der Waals surface area contributed by atoms with E-state index in [-0.39, 0.29) is 5.78 Å². The van der Waals surface area contributed by atoms with Gasteiger partial charge in [-0.25, -0.2) is 0 Å². The predicted octanol–water partition coefficient (Wildman–Crippen LogP) is 2.42. The molecular formula is C16H23N3O. The normalized spacial score (nSPS) is 14.7. The van der Waals surface area contributed by atoms with Crippen LogP contribution in [0.15, 0.2) is 24.3 Å². The first-order valence-electron chi connectivity index (χ1n) is 7.01. The highest BCUT2D eigenvalue weighted by atomic mass is 16.1. The summed E-state index contributed by atoms with van der Waals surface area (Å²) >= 11 is 0. The Balaban J connectivity index is 2.35. The summed E-state index contributed by atoms with van der Waals surface area (Å²) in [5.74, 6) is 0.217. The predicted molar refractivity (Wildman–Crippen MR) is 81.8 cm³/mol. The molecule has 1 aromatic carbocycles. The molecule has 4 heteroatoms. The van der Waals surface area contributed by atoms with Crippen LogP contribution in [0.5, 0.6) is 0 Å². The van der Waals surface area contributed by atoms with Gasteiger partial charge in [-0.15, -0.1) is 0 Å². The summed E-state index contributed by atoms with van der Waals surface area (Å²) in [6, 6.07) is 8.04. The SMILES string of the molecule is CCC(C)(C(=O)Cc1nn(C)c2ccccc12)N(C)C. The summed E-state index contributed by atoms with van der Waals surface area (Å²) in [6.45, 7) is 4.05. The van der Waals surface area contributed by atoms with Crippen LogP contribution >= 0.6 is 0 Å². The van der Waals surface area contributed by atoms with Crippen molar-refractivity contribution in [3.05, 3.63) is 30.0 Å². The minimum atomic E-state index is -0.432. The molecule has 2 aromatic rings. The molecule has 108 valence electrons. The maximum absolute atomic E-state index is 12.7. The lowest BCUT2D eigenvalue weighted by Gasteiger charge is -2.33. The topological polar surface area (TPSA) is 38.1 Å². The van der Waals surface area contributed by atoms with Gasteiger partial charge in [0, 0.05) is 12.4 Å². The number of aryl methyl sites for hydroxylation is 1. The molecule has 0 bridgehead atoms. The minimum Gasteiger partial charge on any atom is -0.297 e. The second kappa shape index (κ2) is 5.37. The van der Waals surface area contributed by atoms with E-state index in [1.165, 1.54) is 0 Å². The van der Waals surface area contributed by atoms with Crippen molar-refractivity contribution in [3.8, 4) is 0 Å². The Morgan fingerprint density at radius 2 is 2.00 bits per heavy atom. The number of para-hydroxylation sites is 1. The number of carbonyl (C=O) groups excluding carboxylic acids is 1. The summed E-state index contributed by atoms with van der Waals surface area (Å²) in [6.07, 6.45) is 1.17. The Morgan fingerprint density at radius 1 is 1.35 bits per heavy atom. The van der Waals surface area contributed by atoms with E-state index >= 15 is 0 Å². The molecule has 0 aliphatic rings. The number of aromatic nitrogens is 2. The van der Waals surface area contributed by atoms with Gasteiger partial charge in [0.15, 0.2) is 5.78 Å². The van der Waals surface area contributed by atoms with E-state index < -0.39 is 5.54 Å². The Labute approximate surface area is 120 Å². The molecule has 1 unspecified atom stereocenters. The molecule has 0 N–H and O–H groups in total. The van der Waals surface area contributed by atoms with Gasteiger partial charge in [0.1, 0.15) is 0 Å². The first-order valence-corrected chi connectivity index (χ1v) is 7.01. The first-order chi connectivity index (χ1) is 9.40. The summed E-state index contributed by atoms with van der Waals surface area (Å²) in [4.78, 5) is 14.7. The van der Waals surface area contributed by atoms with Crippen molar-refractivity contribution in [2.24, 2.45) is 7.05 Å². The van der Waals surface area contributed by atoms with Crippen LogP contribution in [0.2, 0.25) is 0 Å². The average Bonchev–Trinajstić information content (AvgIpc) is 2.75. The summed E-state index contributed by atoms with van der Waals surface area (Å²) in [5, 5.41) is 5.58. The lowest BCUT2D eigenvalue weighted by atomic mass is 9.89. The van der Waals surface area contributed by atoms with Crippen molar-refractivity contribution in [1.29, 1.82) is 0 Å². The summed E-state index contributed by atoms with van der Waals surface area (Å²) in [7, 11) is 5.83. The van der Waals surface area contributed by atoms with E-state index in [4.69, 9.17) is 0 Å². The molecule has 1 aromatic heterocycles. The van der Waals surface area contributed by atoms with Crippen LogP contribution in [0.4, 0.5) is 0 Å². The van der Waals surface area contributed by atoms with E-state index in [1.54, 1.807) is 0 Å². The van der Waals surface area contributed by atoms with Crippen molar-refractivity contribution in [2.75, 3.05) is 14.1 Å². The average molecular weight is 273 g/mol. The van der Waals surface area contributed by atoms with Crippen molar-refractivity contribution < 1.29 is 4.79 Å². The molecule has 0 aliphatic carbocycles. The zero-order valence-electron chi connectivity index (χ0n) is 13.0. The van der Waals surface area contributed by atoms with Gasteiger partial charge in [-0.1, -0.05) is 25.1 Å². The third kappa shape index (κ3) is 2.36. The smallest absolute Gasteiger partial charge is 0.158 e. The Kier molecular flexibility index (Phi) is 3.95. The van der Waals surface area contributed by atoms with Crippen LogP contribution in [0.1, 0.15) is 26.0 Å². The molecule has 1 heterocycles. The Bertz CT molecular complexity index is 630. The Morgan fingerprint density at radius 3 is 2.60 bits per heavy atom. The van der Waals surface area contributed by atoms with Gasteiger partial charge in [0.25, 0.3) is 0 Å². The van der Waals surface area contributed by atoms with Crippen molar-refractivity contribution in [3.63, 3.8) is 0 Å². The number of hydrogen-bond acceptors (Lipinski definition) is 3. The minimum absolute atomic E-state index is 0.217. The highest BCUT2D eigenvalue weighted by molar-refractivity contribution is 5.93. The fraction of sp³-hybridized carbons (Fsp3) is 0.500. The van der Waals surface area contributed by atoms with Crippen LogP contribution in [0.25, 0.3) is 10.9 Å². The molecule has 20 heavy (non-hydrogen) atoms. The third-order valence-electron chi connectivity index (χ3n) is 4.44. The molecular weight excluding hydrogens is 250 g/mol. The van der Waals surface area contributed by atoms with Gasteiger partial charge < -0.3 is 0 Å². The molecule has 0 amide bonds. The molecule has 1 atom stereocenters. The lowest BCUT2D eigenvalue weighted by Crippen LogP contribution is -2.48. The number of Topliss-reactive ketones (excluding diaryl/α,β-unsaturated/α-hetero) is 1. The van der Waals surface area contributed by atoms with Gasteiger partial charge in [0.05, 0.1) is 23.2 Å². The lowest BCUT2D eigenvalue weighted by molar-refractivity contribution is -0.128. The molecule has 0 saturated heterocycles. The summed E-state index contributed by atoms with van der Waals surface area (Å²) in [5.41, 5.74) is 1.51. The van der Waals surface area contributed by atoms with E-state index in [2.05, 4.69) is 12.0 Å². The highest BCUT2D eigenvalue weighted by Gasteiger charge is 2.33. The van der Waals surface area contributed by atoms with E-state index in [9.17, 15) is 4.79 Å². The fourth-order valence-electron chi connectivity index (χ4n) is 2.52. The van der Waals surface area contributed by atoms with Gasteiger partial charge >= 0.3 is 0 Å². The van der Waals surface area contributed by atoms with Crippen LogP contribution in [-0.2, 0) is 18.3 Å². The maximum Gasteiger partial charge on any atom is 0.158 e. The van der Waals surface area contributed by atoms with E-state index in [0.717, 1.165) is 23.0 Å². The zero-order valence-corrected chi connectivity index (χ0v) is 13.0. The third-order valence-corrected chi connectivity index (χ3v) is 4.44. The van der Waals surface area contributed by atoms with Gasteiger partial charge in [-0.3, -0.25) is 14.4 Å². The number of hydrogen-bond donors (Lipinski definition) is 0. The van der Waals surface area contributed by atoms with Gasteiger partial charge in [-0.2, -0.15) is 5.10 Å². The highest BCUT2D eigenvalue weighted by Crippen LogP contribution is 2.23. The molecule has 4 nitrogen and oxygen atoms in total. The maximum atomic E-state index is 12.7. The second-order valence-corrected chi connectivity index (χ2v) is 5.71. The Hall–Kier alpha value is -1.68. The summed E-state index contributed by atoms with van der Waals surface area (Å²) < 4.78 is 1.84. The molecule has 0 fully saturated rings. The number of benzene rings is 1. The van der Waals surface area contributed by atoms with Crippen LogP contribution in [0.3, 0.4) is 0 Å². The number of ketones is 1. The van der Waals surface area contributed by atoms with Gasteiger partial charge in [-0.05, 0) is 33.5 Å². The number of fused-ring (bicyclic) bond motifs is 1. The first kappa shape index (κ1) is 14.7. The van der Waals surface area contributed by atoms with Gasteiger partial charge in [0.2, 0.25) is 0 Å². The monoisotopic (exact) mass is 273 g/mol. The van der Waals surface area contributed by atoms with Crippen molar-refractivity contribution in [2.45, 2.75) is 32.2 Å². The van der Waals surface area contributed by atoms with E-state index in [1.807, 2.05) is 61.9 Å². The quantitative estimate of drug-likeness (QED) is 0.839. The molecule has 2 rings (SSSR count). The van der Waals surface area contributed by atoms with E-state index in [0.29, 0.717) is 6.42 Å².